The number of halogens is 1. The second kappa shape index (κ2) is 6.75. The molecule has 2 rings (SSSR count). The Labute approximate surface area is 136 Å². The van der Waals surface area contributed by atoms with E-state index in [0.717, 1.165) is 32.1 Å². The Bertz CT molecular complexity index is 539. The summed E-state index contributed by atoms with van der Waals surface area (Å²) < 4.78 is 0. The number of thiocarbonyl (C=S) groups is 1. The summed E-state index contributed by atoms with van der Waals surface area (Å²) in [5.74, 6) is 0.494. The molecule has 3 N–H and O–H groups in total. The lowest BCUT2D eigenvalue weighted by atomic mass is 9.75. The second-order valence-electron chi connectivity index (χ2n) is 5.73. The van der Waals surface area contributed by atoms with E-state index in [9.17, 15) is 4.79 Å². The lowest BCUT2D eigenvalue weighted by Gasteiger charge is -2.40. The first-order chi connectivity index (χ1) is 9.98. The largest absolute Gasteiger partial charge is 0.391 e. The molecule has 1 aliphatic carbocycles. The number of hydrogen-bond acceptors (Lipinski definition) is 2. The topological polar surface area (TPSA) is 55.1 Å². The minimum Gasteiger partial charge on any atom is -0.391 e. The Kier molecular flexibility index (Phi) is 5.22. The van der Waals surface area contributed by atoms with Crippen LogP contribution in [-0.2, 0) is 0 Å². The van der Waals surface area contributed by atoms with Gasteiger partial charge in [0.25, 0.3) is 5.91 Å². The highest BCUT2D eigenvalue weighted by atomic mass is 35.5. The minimum atomic E-state index is -0.572. The van der Waals surface area contributed by atoms with Crippen molar-refractivity contribution < 1.29 is 4.79 Å². The minimum absolute atomic E-state index is 0.205. The molecule has 114 valence electrons. The Morgan fingerprint density at radius 2 is 2.05 bits per heavy atom. The van der Waals surface area contributed by atoms with Crippen molar-refractivity contribution in [1.29, 1.82) is 0 Å². The number of carbonyl (C=O) groups is 1. The van der Waals surface area contributed by atoms with Crippen molar-refractivity contribution >= 4 is 34.7 Å². The van der Waals surface area contributed by atoms with Gasteiger partial charge in [0.15, 0.2) is 0 Å². The third-order valence-corrected chi connectivity index (χ3v) is 5.20. The predicted molar refractivity (Wildman–Crippen MR) is 90.7 cm³/mol. The fourth-order valence-electron chi connectivity index (χ4n) is 2.94. The van der Waals surface area contributed by atoms with Crippen LogP contribution in [0.15, 0.2) is 24.3 Å². The molecule has 1 amide bonds. The fourth-order valence-corrected chi connectivity index (χ4v) is 3.42. The van der Waals surface area contributed by atoms with Crippen molar-refractivity contribution in [2.24, 2.45) is 11.7 Å². The monoisotopic (exact) mass is 324 g/mol. The summed E-state index contributed by atoms with van der Waals surface area (Å²) in [6, 6.07) is 7.01. The molecular formula is C16H21ClN2OS. The molecule has 0 radical (unpaired) electrons. The van der Waals surface area contributed by atoms with E-state index in [1.807, 2.05) is 0 Å². The normalized spacial score (nSPS) is 25.3. The van der Waals surface area contributed by atoms with Crippen molar-refractivity contribution in [3.8, 4) is 0 Å². The van der Waals surface area contributed by atoms with Crippen LogP contribution in [0.25, 0.3) is 0 Å². The zero-order chi connectivity index (χ0) is 15.5. The summed E-state index contributed by atoms with van der Waals surface area (Å²) in [6.07, 6.45) is 4.84. The van der Waals surface area contributed by atoms with Crippen LogP contribution in [0.1, 0.15) is 49.4 Å². The predicted octanol–water partition coefficient (Wildman–Crippen LogP) is 3.69. The van der Waals surface area contributed by atoms with E-state index in [1.54, 1.807) is 24.3 Å². The summed E-state index contributed by atoms with van der Waals surface area (Å²) in [6.45, 7) is 2.20. The number of amides is 1. The molecule has 0 heterocycles. The highest BCUT2D eigenvalue weighted by Gasteiger charge is 2.39. The van der Waals surface area contributed by atoms with E-state index < -0.39 is 5.54 Å². The number of hydrogen-bond donors (Lipinski definition) is 2. The number of benzene rings is 1. The first kappa shape index (κ1) is 16.2. The van der Waals surface area contributed by atoms with Gasteiger partial charge in [-0.3, -0.25) is 4.79 Å². The van der Waals surface area contributed by atoms with Gasteiger partial charge in [-0.15, -0.1) is 0 Å². The smallest absolute Gasteiger partial charge is 0.253 e. The van der Waals surface area contributed by atoms with Crippen LogP contribution in [0.4, 0.5) is 0 Å². The van der Waals surface area contributed by atoms with E-state index >= 15 is 0 Å². The van der Waals surface area contributed by atoms with Gasteiger partial charge in [-0.1, -0.05) is 49.3 Å². The summed E-state index contributed by atoms with van der Waals surface area (Å²) in [7, 11) is 0. The van der Waals surface area contributed by atoms with E-state index in [1.165, 1.54) is 0 Å². The van der Waals surface area contributed by atoms with E-state index in [0.29, 0.717) is 21.5 Å². The molecule has 1 fully saturated rings. The summed E-state index contributed by atoms with van der Waals surface area (Å²) >= 11 is 11.3. The zero-order valence-electron chi connectivity index (χ0n) is 12.2. The fraction of sp³-hybridized carbons (Fsp3) is 0.500. The first-order valence-corrected chi connectivity index (χ1v) is 8.14. The van der Waals surface area contributed by atoms with Crippen LogP contribution in [0.5, 0.6) is 0 Å². The molecule has 0 aromatic heterocycles. The van der Waals surface area contributed by atoms with Crippen LogP contribution in [0.2, 0.25) is 5.02 Å². The van der Waals surface area contributed by atoms with Crippen LogP contribution < -0.4 is 11.1 Å². The van der Waals surface area contributed by atoms with Gasteiger partial charge in [0.1, 0.15) is 0 Å². The van der Waals surface area contributed by atoms with Crippen molar-refractivity contribution in [3.05, 3.63) is 34.9 Å². The Balaban J connectivity index is 2.16. The highest BCUT2D eigenvalue weighted by molar-refractivity contribution is 7.80. The third-order valence-electron chi connectivity index (χ3n) is 4.48. The Morgan fingerprint density at radius 3 is 2.57 bits per heavy atom. The second-order valence-corrected chi connectivity index (χ2v) is 6.58. The van der Waals surface area contributed by atoms with Gasteiger partial charge in [0, 0.05) is 0 Å². The summed E-state index contributed by atoms with van der Waals surface area (Å²) in [5, 5.41) is 3.48. The molecule has 0 bridgehead atoms. The average Bonchev–Trinajstić information content (AvgIpc) is 2.48. The number of nitrogens with one attached hydrogen (secondary N) is 1. The van der Waals surface area contributed by atoms with Crippen molar-refractivity contribution in [1.82, 2.24) is 5.32 Å². The summed E-state index contributed by atoms with van der Waals surface area (Å²) in [4.78, 5) is 12.9. The van der Waals surface area contributed by atoms with Crippen LogP contribution in [0.3, 0.4) is 0 Å². The van der Waals surface area contributed by atoms with E-state index in [2.05, 4.69) is 12.2 Å². The molecule has 5 heteroatoms. The molecule has 1 aliphatic rings. The third kappa shape index (κ3) is 3.55. The molecule has 3 nitrogen and oxygen atoms in total. The maximum atomic E-state index is 12.5. The van der Waals surface area contributed by atoms with Gasteiger partial charge in [-0.2, -0.15) is 0 Å². The molecule has 1 aromatic carbocycles. The average molecular weight is 325 g/mol. The standard InChI is InChI=1S/C16H21ClN2OS/c1-2-11-7-9-16(10-8-11,15(18)21)19-14(20)12-5-3-4-6-13(12)17/h3-6,11H,2,7-10H2,1H3,(H2,18,21)(H,19,20). The quantitative estimate of drug-likeness (QED) is 0.830. The van der Waals surface area contributed by atoms with Crippen LogP contribution in [-0.4, -0.2) is 16.4 Å². The van der Waals surface area contributed by atoms with Crippen molar-refractivity contribution in [3.63, 3.8) is 0 Å². The Morgan fingerprint density at radius 1 is 1.43 bits per heavy atom. The molecule has 0 spiro atoms. The molecule has 0 atom stereocenters. The van der Waals surface area contributed by atoms with E-state index in [-0.39, 0.29) is 5.91 Å². The molecule has 0 unspecified atom stereocenters. The maximum Gasteiger partial charge on any atom is 0.253 e. The van der Waals surface area contributed by atoms with Crippen LogP contribution >= 0.6 is 23.8 Å². The number of carbonyl (C=O) groups excluding carboxylic acids is 1. The molecule has 0 aliphatic heterocycles. The van der Waals surface area contributed by atoms with Crippen molar-refractivity contribution in [2.75, 3.05) is 0 Å². The molecule has 0 saturated heterocycles. The zero-order valence-corrected chi connectivity index (χ0v) is 13.8. The van der Waals surface area contributed by atoms with Gasteiger partial charge in [0.05, 0.1) is 21.1 Å². The molecule has 1 saturated carbocycles. The lowest BCUT2D eigenvalue weighted by molar-refractivity contribution is 0.0898. The van der Waals surface area contributed by atoms with Gasteiger partial charge >= 0.3 is 0 Å². The van der Waals surface area contributed by atoms with Crippen LogP contribution in [0, 0.1) is 5.92 Å². The first-order valence-electron chi connectivity index (χ1n) is 7.35. The Hall–Kier alpha value is -1.13. The van der Waals surface area contributed by atoms with Gasteiger partial charge in [-0.25, -0.2) is 0 Å². The highest BCUT2D eigenvalue weighted by Crippen LogP contribution is 2.34. The maximum absolute atomic E-state index is 12.5. The van der Waals surface area contributed by atoms with Gasteiger partial charge in [-0.05, 0) is 43.7 Å². The molecule has 1 aromatic rings. The van der Waals surface area contributed by atoms with E-state index in [4.69, 9.17) is 29.6 Å². The molecule has 21 heavy (non-hydrogen) atoms. The van der Waals surface area contributed by atoms with Gasteiger partial charge in [0.2, 0.25) is 0 Å². The SMILES string of the molecule is CCC1CCC(NC(=O)c2ccccc2Cl)(C(N)=S)CC1. The molecular weight excluding hydrogens is 304 g/mol. The van der Waals surface area contributed by atoms with Gasteiger partial charge < -0.3 is 11.1 Å². The number of rotatable bonds is 4. The lowest BCUT2D eigenvalue weighted by Crippen LogP contribution is -2.58. The van der Waals surface area contributed by atoms with Crippen molar-refractivity contribution in [2.45, 2.75) is 44.6 Å². The number of nitrogens with two attached hydrogens (primary N) is 1. The summed E-state index contributed by atoms with van der Waals surface area (Å²) in [5.41, 5.74) is 5.83.